The maximum absolute atomic E-state index is 13.6. The van der Waals surface area contributed by atoms with E-state index >= 15 is 0 Å². The average Bonchev–Trinajstić information content (AvgIpc) is 3.29. The van der Waals surface area contributed by atoms with E-state index in [4.69, 9.17) is 16.3 Å². The second-order valence-electron chi connectivity index (χ2n) is 8.17. The Bertz CT molecular complexity index is 1600. The molecule has 13 heteroatoms. The van der Waals surface area contributed by atoms with Gasteiger partial charge in [-0.2, -0.15) is 13.9 Å². The highest BCUT2D eigenvalue weighted by Crippen LogP contribution is 2.30. The minimum Gasteiger partial charge on any atom is -0.495 e. The quantitative estimate of drug-likeness (QED) is 0.364. The van der Waals surface area contributed by atoms with Gasteiger partial charge in [0.2, 0.25) is 15.0 Å². The van der Waals surface area contributed by atoms with Crippen LogP contribution in [0.25, 0.3) is 15.5 Å². The molecule has 0 N–H and O–H groups in total. The minimum absolute atomic E-state index is 0.0328. The Morgan fingerprint density at radius 3 is 2.61 bits per heavy atom. The van der Waals surface area contributed by atoms with Crippen LogP contribution in [0.2, 0.25) is 5.02 Å². The predicted octanol–water partition coefficient (Wildman–Crippen LogP) is 3.13. The molecule has 3 heterocycles. The van der Waals surface area contributed by atoms with Crippen molar-refractivity contribution >= 4 is 37.9 Å². The fourth-order valence-electron chi connectivity index (χ4n) is 4.02. The van der Waals surface area contributed by atoms with Crippen LogP contribution in [0.4, 0.5) is 4.39 Å². The monoisotopic (exact) mass is 549 g/mol. The first-order valence-corrected chi connectivity index (χ1v) is 13.6. The second kappa shape index (κ2) is 9.87. The number of sulfonamides is 1. The van der Waals surface area contributed by atoms with E-state index in [2.05, 4.69) is 10.1 Å². The van der Waals surface area contributed by atoms with Gasteiger partial charge in [-0.05, 0) is 30.3 Å². The molecule has 0 radical (unpaired) electrons. The average molecular weight is 550 g/mol. The molecule has 0 amide bonds. The van der Waals surface area contributed by atoms with Crippen molar-refractivity contribution in [2.45, 2.75) is 11.4 Å². The zero-order valence-corrected chi connectivity index (χ0v) is 21.5. The normalized spacial score (nSPS) is 15.4. The van der Waals surface area contributed by atoms with Crippen LogP contribution in [0, 0.1) is 5.82 Å². The number of halogens is 2. The van der Waals surface area contributed by atoms with Crippen molar-refractivity contribution in [2.24, 2.45) is 0 Å². The van der Waals surface area contributed by atoms with Crippen LogP contribution in [0.5, 0.6) is 5.75 Å². The lowest BCUT2D eigenvalue weighted by atomic mass is 10.2. The molecular formula is C23H21ClFN5O4S2. The predicted molar refractivity (Wildman–Crippen MR) is 135 cm³/mol. The van der Waals surface area contributed by atoms with Crippen molar-refractivity contribution in [1.29, 1.82) is 0 Å². The number of aromatic nitrogens is 3. The van der Waals surface area contributed by atoms with Gasteiger partial charge in [-0.1, -0.05) is 35.1 Å². The van der Waals surface area contributed by atoms with Crippen molar-refractivity contribution in [3.8, 4) is 16.3 Å². The molecule has 0 atom stereocenters. The third-order valence-electron chi connectivity index (χ3n) is 5.83. The number of ether oxygens (including phenoxy) is 1. The Kier molecular flexibility index (Phi) is 6.79. The maximum Gasteiger partial charge on any atom is 0.275 e. The molecule has 0 unspecified atom stereocenters. The van der Waals surface area contributed by atoms with Gasteiger partial charge in [0, 0.05) is 49.4 Å². The number of fused-ring (bicyclic) bond motifs is 1. The summed E-state index contributed by atoms with van der Waals surface area (Å²) < 4.78 is 47.8. The zero-order chi connectivity index (χ0) is 25.4. The molecule has 36 heavy (non-hydrogen) atoms. The van der Waals surface area contributed by atoms with Crippen LogP contribution in [0.15, 0.2) is 58.2 Å². The summed E-state index contributed by atoms with van der Waals surface area (Å²) in [4.78, 5) is 19.7. The molecule has 1 fully saturated rings. The van der Waals surface area contributed by atoms with E-state index in [-0.39, 0.29) is 35.1 Å². The standard InChI is InChI=1S/C23H21ClFN5O4S2/c1-34-19-6-5-16(24)12-20(19)36(32,33)29-9-7-28(8-10-29)14-18-13-21(31)30-23(26-18)35-22(27-30)15-3-2-4-17(25)11-15/h2-6,11-13H,7-10,14H2,1H3. The van der Waals surface area contributed by atoms with E-state index in [1.807, 2.05) is 4.90 Å². The molecule has 2 aromatic heterocycles. The molecule has 5 rings (SSSR count). The highest BCUT2D eigenvalue weighted by Gasteiger charge is 2.31. The highest BCUT2D eigenvalue weighted by atomic mass is 35.5. The largest absolute Gasteiger partial charge is 0.495 e. The molecular weight excluding hydrogens is 529 g/mol. The summed E-state index contributed by atoms with van der Waals surface area (Å²) in [6.45, 7) is 1.83. The molecule has 4 aromatic rings. The number of hydrogen-bond acceptors (Lipinski definition) is 8. The summed E-state index contributed by atoms with van der Waals surface area (Å²) in [7, 11) is -2.38. The fourth-order valence-corrected chi connectivity index (χ4v) is 6.78. The molecule has 0 aliphatic carbocycles. The Hall–Kier alpha value is -2.90. The van der Waals surface area contributed by atoms with Crippen LogP contribution >= 0.6 is 22.9 Å². The molecule has 9 nitrogen and oxygen atoms in total. The Balaban J connectivity index is 1.31. The Morgan fingerprint density at radius 1 is 1.11 bits per heavy atom. The van der Waals surface area contributed by atoms with Crippen molar-refractivity contribution in [3.63, 3.8) is 0 Å². The number of nitrogens with zero attached hydrogens (tertiary/aromatic N) is 5. The first-order chi connectivity index (χ1) is 17.2. The van der Waals surface area contributed by atoms with Crippen molar-refractivity contribution < 1.29 is 17.5 Å². The minimum atomic E-state index is -3.79. The van der Waals surface area contributed by atoms with Gasteiger partial charge in [-0.3, -0.25) is 9.69 Å². The molecule has 1 saturated heterocycles. The first kappa shape index (κ1) is 24.8. The summed E-state index contributed by atoms with van der Waals surface area (Å²) in [6.07, 6.45) is 0. The molecule has 0 saturated carbocycles. The lowest BCUT2D eigenvalue weighted by Gasteiger charge is -2.33. The van der Waals surface area contributed by atoms with Gasteiger partial charge in [-0.25, -0.2) is 17.8 Å². The second-order valence-corrected chi connectivity index (χ2v) is 11.5. The van der Waals surface area contributed by atoms with E-state index in [1.54, 1.807) is 18.2 Å². The van der Waals surface area contributed by atoms with E-state index in [1.165, 1.54) is 57.6 Å². The lowest BCUT2D eigenvalue weighted by Crippen LogP contribution is -2.48. The third kappa shape index (κ3) is 4.87. The summed E-state index contributed by atoms with van der Waals surface area (Å²) in [5.74, 6) is -0.148. The summed E-state index contributed by atoms with van der Waals surface area (Å²) in [5.41, 5.74) is 0.797. The molecule has 0 spiro atoms. The molecule has 1 aliphatic rings. The Morgan fingerprint density at radius 2 is 1.89 bits per heavy atom. The van der Waals surface area contributed by atoms with Gasteiger partial charge in [-0.15, -0.1) is 0 Å². The van der Waals surface area contributed by atoms with Gasteiger partial charge in [0.1, 0.15) is 21.5 Å². The van der Waals surface area contributed by atoms with Crippen LogP contribution in [0.3, 0.4) is 0 Å². The van der Waals surface area contributed by atoms with E-state index < -0.39 is 10.0 Å². The van der Waals surface area contributed by atoms with Gasteiger partial charge in [0.25, 0.3) is 5.56 Å². The van der Waals surface area contributed by atoms with Crippen LogP contribution in [0.1, 0.15) is 5.69 Å². The number of methoxy groups -OCH3 is 1. The number of piperazine rings is 1. The van der Waals surface area contributed by atoms with Crippen LogP contribution in [-0.2, 0) is 16.6 Å². The van der Waals surface area contributed by atoms with Crippen LogP contribution < -0.4 is 10.3 Å². The van der Waals surface area contributed by atoms with Gasteiger partial charge < -0.3 is 4.74 Å². The molecule has 2 aromatic carbocycles. The molecule has 188 valence electrons. The fraction of sp³-hybridized carbons (Fsp3) is 0.261. The maximum atomic E-state index is 13.6. The number of rotatable bonds is 6. The number of benzene rings is 2. The first-order valence-electron chi connectivity index (χ1n) is 11.0. The van der Waals surface area contributed by atoms with E-state index in [0.717, 1.165) is 0 Å². The van der Waals surface area contributed by atoms with Gasteiger partial charge in [0.15, 0.2) is 0 Å². The van der Waals surface area contributed by atoms with Gasteiger partial charge >= 0.3 is 0 Å². The van der Waals surface area contributed by atoms with Crippen molar-refractivity contribution in [2.75, 3.05) is 33.3 Å². The van der Waals surface area contributed by atoms with Gasteiger partial charge in [0.05, 0.1) is 12.8 Å². The number of hydrogen-bond donors (Lipinski definition) is 0. The van der Waals surface area contributed by atoms with E-state index in [0.29, 0.717) is 45.9 Å². The smallest absolute Gasteiger partial charge is 0.275 e. The van der Waals surface area contributed by atoms with E-state index in [9.17, 15) is 17.6 Å². The third-order valence-corrected chi connectivity index (χ3v) is 8.94. The topological polar surface area (TPSA) is 97.1 Å². The summed E-state index contributed by atoms with van der Waals surface area (Å²) in [6, 6.07) is 11.9. The summed E-state index contributed by atoms with van der Waals surface area (Å²) >= 11 is 7.23. The zero-order valence-electron chi connectivity index (χ0n) is 19.1. The summed E-state index contributed by atoms with van der Waals surface area (Å²) in [5, 5.41) is 5.09. The molecule has 0 bridgehead atoms. The lowest BCUT2D eigenvalue weighted by molar-refractivity contribution is 0.179. The Labute approximate surface area is 215 Å². The van der Waals surface area contributed by atoms with Crippen molar-refractivity contribution in [3.05, 3.63) is 75.4 Å². The molecule has 1 aliphatic heterocycles. The van der Waals surface area contributed by atoms with Crippen molar-refractivity contribution in [1.82, 2.24) is 23.8 Å². The SMILES string of the molecule is COc1ccc(Cl)cc1S(=O)(=O)N1CCN(Cc2cc(=O)n3nc(-c4cccc(F)c4)sc3n2)CC1. The highest BCUT2D eigenvalue weighted by molar-refractivity contribution is 7.89. The van der Waals surface area contributed by atoms with Crippen LogP contribution in [-0.4, -0.2) is 65.5 Å².